The molecule has 34 heavy (non-hydrogen) atoms. The van der Waals surface area contributed by atoms with Crippen molar-refractivity contribution in [3.8, 4) is 5.75 Å². The average Bonchev–Trinajstić information content (AvgIpc) is 3.54. The number of benzene rings is 1. The van der Waals surface area contributed by atoms with Crippen LogP contribution in [0.2, 0.25) is 0 Å². The molecule has 2 fully saturated rings. The van der Waals surface area contributed by atoms with Gasteiger partial charge in [-0.15, -0.1) is 11.3 Å². The van der Waals surface area contributed by atoms with Crippen molar-refractivity contribution in [2.75, 3.05) is 26.7 Å². The van der Waals surface area contributed by atoms with Crippen LogP contribution < -0.4 is 15.4 Å². The van der Waals surface area contributed by atoms with E-state index in [4.69, 9.17) is 4.74 Å². The van der Waals surface area contributed by atoms with E-state index in [1.54, 1.807) is 47.8 Å². The molecule has 1 unspecified atom stereocenters. The fourth-order valence-electron chi connectivity index (χ4n) is 4.83. The van der Waals surface area contributed by atoms with Crippen molar-refractivity contribution in [3.63, 3.8) is 0 Å². The molecule has 186 valence electrons. The second kappa shape index (κ2) is 11.7. The lowest BCUT2D eigenvalue weighted by molar-refractivity contribution is 0.0951. The van der Waals surface area contributed by atoms with E-state index in [0.29, 0.717) is 28.6 Å². The van der Waals surface area contributed by atoms with Crippen molar-refractivity contribution >= 4 is 27.3 Å². The van der Waals surface area contributed by atoms with Crippen LogP contribution >= 0.6 is 11.3 Å². The van der Waals surface area contributed by atoms with Gasteiger partial charge >= 0.3 is 0 Å². The lowest BCUT2D eigenvalue weighted by Crippen LogP contribution is -2.36. The molecule has 0 bridgehead atoms. The molecule has 2 N–H and O–H groups in total. The van der Waals surface area contributed by atoms with Crippen molar-refractivity contribution in [2.24, 2.45) is 5.92 Å². The predicted molar refractivity (Wildman–Crippen MR) is 135 cm³/mol. The summed E-state index contributed by atoms with van der Waals surface area (Å²) in [5, 5.41) is 6.44. The molecule has 2 heterocycles. The van der Waals surface area contributed by atoms with Crippen molar-refractivity contribution in [3.05, 3.63) is 46.8 Å². The summed E-state index contributed by atoms with van der Waals surface area (Å²) < 4.78 is 33.4. The zero-order valence-corrected chi connectivity index (χ0v) is 21.4. The van der Waals surface area contributed by atoms with Crippen LogP contribution in [0, 0.1) is 5.92 Å². The van der Waals surface area contributed by atoms with Gasteiger partial charge in [0.25, 0.3) is 15.9 Å². The first-order valence-corrected chi connectivity index (χ1v) is 14.5. The van der Waals surface area contributed by atoms with Crippen LogP contribution in [0.25, 0.3) is 0 Å². The third kappa shape index (κ3) is 6.38. The van der Waals surface area contributed by atoms with Gasteiger partial charge in [0.05, 0.1) is 13.7 Å². The second-order valence-corrected chi connectivity index (χ2v) is 12.6. The highest BCUT2D eigenvalue weighted by molar-refractivity contribution is 7.91. The predicted octanol–water partition coefficient (Wildman–Crippen LogP) is 4.01. The molecule has 2 aromatic rings. The van der Waals surface area contributed by atoms with E-state index >= 15 is 0 Å². The van der Waals surface area contributed by atoms with E-state index in [1.165, 1.54) is 49.9 Å². The van der Waals surface area contributed by atoms with E-state index in [0.717, 1.165) is 23.8 Å². The van der Waals surface area contributed by atoms with Crippen molar-refractivity contribution in [1.29, 1.82) is 0 Å². The van der Waals surface area contributed by atoms with Gasteiger partial charge in [-0.3, -0.25) is 4.79 Å². The molecule has 4 rings (SSSR count). The summed E-state index contributed by atoms with van der Waals surface area (Å²) in [5.74, 6) is 1.22. The van der Waals surface area contributed by atoms with Gasteiger partial charge in [0.1, 0.15) is 9.96 Å². The number of nitrogens with one attached hydrogen (secondary N) is 2. The van der Waals surface area contributed by atoms with Crippen LogP contribution in [0.3, 0.4) is 0 Å². The molecule has 1 saturated heterocycles. The van der Waals surface area contributed by atoms with Crippen molar-refractivity contribution in [1.82, 2.24) is 14.9 Å². The third-order valence-electron chi connectivity index (χ3n) is 6.85. The first kappa shape index (κ1) is 25.2. The topological polar surface area (TPSA) is 87.7 Å². The lowest BCUT2D eigenvalue weighted by atomic mass is 9.87. The number of ether oxygens (including phenoxy) is 1. The highest BCUT2D eigenvalue weighted by Crippen LogP contribution is 2.28. The average molecular weight is 506 g/mol. The highest BCUT2D eigenvalue weighted by Gasteiger charge is 2.33. The monoisotopic (exact) mass is 505 g/mol. The van der Waals surface area contributed by atoms with E-state index in [-0.39, 0.29) is 18.5 Å². The molecular formula is C25H35N3O4S2. The minimum Gasteiger partial charge on any atom is -0.497 e. The molecule has 1 atom stereocenters. The number of carbonyl (C=O) groups excluding carboxylic acids is 1. The van der Waals surface area contributed by atoms with Gasteiger partial charge in [-0.1, -0.05) is 38.2 Å². The number of hydrogen-bond acceptors (Lipinski definition) is 6. The molecule has 1 saturated carbocycles. The minimum absolute atomic E-state index is 0.222. The van der Waals surface area contributed by atoms with Crippen LogP contribution in [0.1, 0.15) is 60.2 Å². The molecule has 9 heteroatoms. The number of sulfonamides is 1. The van der Waals surface area contributed by atoms with E-state index < -0.39 is 10.0 Å². The van der Waals surface area contributed by atoms with Gasteiger partial charge in [0.2, 0.25) is 0 Å². The Hall–Kier alpha value is -1.94. The Balaban J connectivity index is 1.26. The Morgan fingerprint density at radius 3 is 2.76 bits per heavy atom. The van der Waals surface area contributed by atoms with Crippen LogP contribution in [-0.4, -0.2) is 51.4 Å². The summed E-state index contributed by atoms with van der Waals surface area (Å²) in [6.07, 6.45) is 8.80. The summed E-state index contributed by atoms with van der Waals surface area (Å²) in [5.41, 5.74) is 0.503. The summed E-state index contributed by atoms with van der Waals surface area (Å²) in [6.45, 7) is 2.32. The Morgan fingerprint density at radius 2 is 1.97 bits per heavy atom. The van der Waals surface area contributed by atoms with Gasteiger partial charge in [0.15, 0.2) is 0 Å². The SMILES string of the molecule is COc1cccc(C(=O)NCc2ccc(S(=O)(=O)N3CCC(NCCC4CCCCC4)C3)s2)c1. The standard InChI is InChI=1S/C25H35N3O4S2/c1-32-22-9-5-8-20(16-22)25(29)27-17-23-10-11-24(33-23)34(30,31)28-15-13-21(18-28)26-14-12-19-6-3-2-4-7-19/h5,8-11,16,19,21,26H,2-4,6-7,12-15,17-18H2,1H3,(H,27,29). The fourth-order valence-corrected chi connectivity index (χ4v) is 7.78. The molecule has 7 nitrogen and oxygen atoms in total. The van der Waals surface area contributed by atoms with Crippen LogP contribution in [0.4, 0.5) is 0 Å². The number of methoxy groups -OCH3 is 1. The number of hydrogen-bond donors (Lipinski definition) is 2. The zero-order chi connectivity index (χ0) is 24.0. The largest absolute Gasteiger partial charge is 0.497 e. The third-order valence-corrected chi connectivity index (χ3v) is 10.3. The van der Waals surface area contributed by atoms with E-state index in [2.05, 4.69) is 10.6 Å². The van der Waals surface area contributed by atoms with Gasteiger partial charge in [0, 0.05) is 29.6 Å². The smallest absolute Gasteiger partial charge is 0.252 e. The molecule has 1 aromatic carbocycles. The normalized spacial score (nSPS) is 19.9. The Bertz CT molecular complexity index is 1060. The number of thiophene rings is 1. The number of amides is 1. The van der Waals surface area contributed by atoms with Crippen molar-refractivity contribution in [2.45, 2.75) is 61.7 Å². The van der Waals surface area contributed by atoms with Crippen molar-refractivity contribution < 1.29 is 17.9 Å². The Labute approximate surface area is 206 Å². The van der Waals surface area contributed by atoms with E-state index in [9.17, 15) is 13.2 Å². The molecule has 1 aliphatic heterocycles. The maximum absolute atomic E-state index is 13.2. The molecule has 1 aliphatic carbocycles. The Morgan fingerprint density at radius 1 is 1.15 bits per heavy atom. The Kier molecular flexibility index (Phi) is 8.63. The van der Waals surface area contributed by atoms with Gasteiger partial charge < -0.3 is 15.4 Å². The second-order valence-electron chi connectivity index (χ2n) is 9.23. The van der Waals surface area contributed by atoms with Crippen LogP contribution in [0.15, 0.2) is 40.6 Å². The summed E-state index contributed by atoms with van der Waals surface area (Å²) in [4.78, 5) is 13.2. The number of carbonyl (C=O) groups is 1. The molecular weight excluding hydrogens is 470 g/mol. The molecule has 1 aromatic heterocycles. The van der Waals surface area contributed by atoms with Gasteiger partial charge in [-0.25, -0.2) is 8.42 Å². The van der Waals surface area contributed by atoms with Crippen LogP contribution in [0.5, 0.6) is 5.75 Å². The maximum atomic E-state index is 13.2. The van der Waals surface area contributed by atoms with Crippen LogP contribution in [-0.2, 0) is 16.6 Å². The molecule has 1 amide bonds. The zero-order valence-electron chi connectivity index (χ0n) is 19.8. The van der Waals surface area contributed by atoms with Gasteiger partial charge in [-0.05, 0) is 55.6 Å². The first-order chi connectivity index (χ1) is 16.5. The summed E-state index contributed by atoms with van der Waals surface area (Å²) in [6, 6.07) is 10.6. The minimum atomic E-state index is -3.51. The first-order valence-electron chi connectivity index (χ1n) is 12.2. The molecule has 0 radical (unpaired) electrons. The molecule has 0 spiro atoms. The molecule has 2 aliphatic rings. The number of rotatable bonds is 10. The fraction of sp³-hybridized carbons (Fsp3) is 0.560. The quantitative estimate of drug-likeness (QED) is 0.509. The van der Waals surface area contributed by atoms with E-state index in [1.807, 2.05) is 0 Å². The lowest BCUT2D eigenvalue weighted by Gasteiger charge is -2.22. The summed E-state index contributed by atoms with van der Waals surface area (Å²) >= 11 is 1.22. The van der Waals surface area contributed by atoms with Gasteiger partial charge in [-0.2, -0.15) is 4.31 Å². The summed E-state index contributed by atoms with van der Waals surface area (Å²) in [7, 11) is -1.96. The number of nitrogens with zero attached hydrogens (tertiary/aromatic N) is 1. The maximum Gasteiger partial charge on any atom is 0.252 e. The highest BCUT2D eigenvalue weighted by atomic mass is 32.2.